The van der Waals surface area contributed by atoms with Crippen LogP contribution >= 0.6 is 11.6 Å². The van der Waals surface area contributed by atoms with Crippen molar-refractivity contribution in [3.8, 4) is 5.75 Å². The Morgan fingerprint density at radius 3 is 2.91 bits per heavy atom. The number of hydrogen-bond acceptors (Lipinski definition) is 4. The second-order valence-corrected chi connectivity index (χ2v) is 8.06. The van der Waals surface area contributed by atoms with Crippen molar-refractivity contribution in [1.82, 2.24) is 4.31 Å². The van der Waals surface area contributed by atoms with Gasteiger partial charge in [0.15, 0.2) is 6.61 Å². The molecule has 8 heteroatoms. The summed E-state index contributed by atoms with van der Waals surface area (Å²) in [5.41, 5.74) is 0.399. The second kappa shape index (κ2) is 6.30. The molecule has 0 spiro atoms. The van der Waals surface area contributed by atoms with Crippen molar-refractivity contribution in [1.29, 1.82) is 0 Å². The Kier molecular flexibility index (Phi) is 4.53. The Labute approximate surface area is 140 Å². The average molecular weight is 359 g/mol. The number of ether oxygens (including phenoxy) is 1. The summed E-state index contributed by atoms with van der Waals surface area (Å²) in [4.78, 5) is 11.4. The summed E-state index contributed by atoms with van der Waals surface area (Å²) in [6.45, 7) is 2.37. The molecule has 0 bridgehead atoms. The maximum Gasteiger partial charge on any atom is 0.262 e. The first-order valence-electron chi connectivity index (χ1n) is 7.71. The fourth-order valence-corrected chi connectivity index (χ4v) is 5.39. The standard InChI is InChI=1S/C15H19ClN2O4S/c1-2-10-5-3-4-6-18(10)23(20,21)14-8-13-12(7-11(14)16)17-15(19)9-22-13/h7-8,10H,2-6,9H2,1H3,(H,17,19)/t10-/m1/s1. The molecule has 1 fully saturated rings. The number of nitrogens with one attached hydrogen (secondary N) is 1. The lowest BCUT2D eigenvalue weighted by Crippen LogP contribution is -2.43. The van der Waals surface area contributed by atoms with Gasteiger partial charge in [-0.1, -0.05) is 24.9 Å². The van der Waals surface area contributed by atoms with E-state index in [0.29, 0.717) is 18.0 Å². The van der Waals surface area contributed by atoms with E-state index in [1.165, 1.54) is 12.1 Å². The summed E-state index contributed by atoms with van der Waals surface area (Å²) in [5, 5.41) is 2.71. The molecule has 1 saturated heterocycles. The number of sulfonamides is 1. The number of benzene rings is 1. The maximum absolute atomic E-state index is 13.0. The van der Waals surface area contributed by atoms with Crippen LogP contribution in [0.2, 0.25) is 5.02 Å². The molecule has 1 aromatic rings. The zero-order valence-electron chi connectivity index (χ0n) is 12.8. The molecule has 2 aliphatic heterocycles. The lowest BCUT2D eigenvalue weighted by molar-refractivity contribution is -0.118. The van der Waals surface area contributed by atoms with Crippen LogP contribution in [-0.2, 0) is 14.8 Å². The van der Waals surface area contributed by atoms with E-state index in [1.807, 2.05) is 6.92 Å². The molecular formula is C15H19ClN2O4S. The fourth-order valence-electron chi connectivity index (χ4n) is 3.10. The molecule has 0 aromatic heterocycles. The highest BCUT2D eigenvalue weighted by atomic mass is 35.5. The normalized spacial score (nSPS) is 22.2. The maximum atomic E-state index is 13.0. The topological polar surface area (TPSA) is 75.7 Å². The van der Waals surface area contributed by atoms with Gasteiger partial charge in [-0.05, 0) is 25.3 Å². The molecule has 0 saturated carbocycles. The van der Waals surface area contributed by atoms with Gasteiger partial charge in [0.2, 0.25) is 10.0 Å². The van der Waals surface area contributed by atoms with Gasteiger partial charge in [-0.15, -0.1) is 0 Å². The molecule has 2 heterocycles. The van der Waals surface area contributed by atoms with Gasteiger partial charge in [0.1, 0.15) is 10.6 Å². The third-order valence-electron chi connectivity index (χ3n) is 4.30. The molecular weight excluding hydrogens is 340 g/mol. The summed E-state index contributed by atoms with van der Waals surface area (Å²) in [5.74, 6) is 0.0453. The van der Waals surface area contributed by atoms with Gasteiger partial charge in [-0.3, -0.25) is 4.79 Å². The van der Waals surface area contributed by atoms with Crippen LogP contribution in [-0.4, -0.2) is 37.8 Å². The van der Waals surface area contributed by atoms with Gasteiger partial charge in [-0.25, -0.2) is 8.42 Å². The van der Waals surface area contributed by atoms with Crippen molar-refractivity contribution in [2.24, 2.45) is 0 Å². The van der Waals surface area contributed by atoms with Crippen molar-refractivity contribution in [3.63, 3.8) is 0 Å². The van der Waals surface area contributed by atoms with E-state index in [9.17, 15) is 13.2 Å². The summed E-state index contributed by atoms with van der Waals surface area (Å²) >= 11 is 6.19. The first kappa shape index (κ1) is 16.5. The van der Waals surface area contributed by atoms with Crippen molar-refractivity contribution < 1.29 is 17.9 Å². The SMILES string of the molecule is CC[C@@H]1CCCCN1S(=O)(=O)c1cc2c(cc1Cl)NC(=O)CO2. The Bertz CT molecular complexity index is 735. The molecule has 3 rings (SSSR count). The number of halogens is 1. The molecule has 0 radical (unpaired) electrons. The first-order valence-corrected chi connectivity index (χ1v) is 9.53. The molecule has 1 atom stereocenters. The van der Waals surface area contributed by atoms with Gasteiger partial charge in [0.05, 0.1) is 10.7 Å². The molecule has 1 aromatic carbocycles. The predicted molar refractivity (Wildman–Crippen MR) is 87.4 cm³/mol. The van der Waals surface area contributed by atoms with Crippen molar-refractivity contribution in [2.45, 2.75) is 43.5 Å². The predicted octanol–water partition coefficient (Wildman–Crippen LogP) is 2.62. The van der Waals surface area contributed by atoms with Crippen molar-refractivity contribution in [3.05, 3.63) is 17.2 Å². The van der Waals surface area contributed by atoms with Crippen LogP contribution in [0.4, 0.5) is 5.69 Å². The lowest BCUT2D eigenvalue weighted by atomic mass is 10.0. The molecule has 0 unspecified atom stereocenters. The Balaban J connectivity index is 2.01. The number of piperidine rings is 1. The minimum atomic E-state index is -3.69. The zero-order valence-corrected chi connectivity index (χ0v) is 14.4. The van der Waals surface area contributed by atoms with E-state index in [-0.39, 0.29) is 28.5 Å². The molecule has 23 heavy (non-hydrogen) atoms. The van der Waals surface area contributed by atoms with E-state index < -0.39 is 10.0 Å². The molecule has 2 aliphatic rings. The number of carbonyl (C=O) groups is 1. The highest BCUT2D eigenvalue weighted by molar-refractivity contribution is 7.89. The third-order valence-corrected chi connectivity index (χ3v) is 6.71. The van der Waals surface area contributed by atoms with Crippen molar-refractivity contribution in [2.75, 3.05) is 18.5 Å². The molecule has 126 valence electrons. The van der Waals surface area contributed by atoms with Gasteiger partial charge in [-0.2, -0.15) is 4.31 Å². The Hall–Kier alpha value is -1.31. The van der Waals surface area contributed by atoms with E-state index in [1.54, 1.807) is 4.31 Å². The monoisotopic (exact) mass is 358 g/mol. The van der Waals surface area contributed by atoms with Crippen LogP contribution in [0.25, 0.3) is 0 Å². The Morgan fingerprint density at radius 2 is 2.17 bits per heavy atom. The first-order chi connectivity index (χ1) is 10.9. The van der Waals surface area contributed by atoms with Crippen LogP contribution in [0.3, 0.4) is 0 Å². The van der Waals surface area contributed by atoms with Crippen molar-refractivity contribution >= 4 is 33.2 Å². The summed E-state index contributed by atoms with van der Waals surface area (Å²) in [6, 6.07) is 2.85. The van der Waals surface area contributed by atoms with Gasteiger partial charge in [0, 0.05) is 18.7 Å². The third kappa shape index (κ3) is 3.05. The van der Waals surface area contributed by atoms with Gasteiger partial charge >= 0.3 is 0 Å². The number of amides is 1. The zero-order chi connectivity index (χ0) is 16.6. The van der Waals surface area contributed by atoms with Crippen LogP contribution in [0, 0.1) is 0 Å². The minimum Gasteiger partial charge on any atom is -0.482 e. The summed E-state index contributed by atoms with van der Waals surface area (Å²) in [6.07, 6.45) is 3.53. The average Bonchev–Trinajstić information content (AvgIpc) is 2.53. The highest BCUT2D eigenvalue weighted by Crippen LogP contribution is 2.38. The second-order valence-electron chi connectivity index (χ2n) is 5.79. The highest BCUT2D eigenvalue weighted by Gasteiger charge is 2.35. The van der Waals surface area contributed by atoms with Crippen LogP contribution < -0.4 is 10.1 Å². The number of rotatable bonds is 3. The van der Waals surface area contributed by atoms with Crippen LogP contribution in [0.1, 0.15) is 32.6 Å². The minimum absolute atomic E-state index is 0.00136. The number of carbonyl (C=O) groups excluding carboxylic acids is 1. The summed E-state index contributed by atoms with van der Waals surface area (Å²) in [7, 11) is -3.69. The van der Waals surface area contributed by atoms with Gasteiger partial charge < -0.3 is 10.1 Å². The largest absolute Gasteiger partial charge is 0.482 e. The molecule has 1 amide bonds. The number of anilines is 1. The summed E-state index contributed by atoms with van der Waals surface area (Å²) < 4.78 is 32.9. The van der Waals surface area contributed by atoms with E-state index in [2.05, 4.69) is 5.32 Å². The van der Waals surface area contributed by atoms with E-state index in [4.69, 9.17) is 16.3 Å². The molecule has 1 N–H and O–H groups in total. The van der Waals surface area contributed by atoms with Crippen LogP contribution in [0.15, 0.2) is 17.0 Å². The van der Waals surface area contributed by atoms with E-state index >= 15 is 0 Å². The smallest absolute Gasteiger partial charge is 0.262 e. The molecule has 0 aliphatic carbocycles. The Morgan fingerprint density at radius 1 is 1.39 bits per heavy atom. The van der Waals surface area contributed by atoms with E-state index in [0.717, 1.165) is 25.7 Å². The fraction of sp³-hybridized carbons (Fsp3) is 0.533. The lowest BCUT2D eigenvalue weighted by Gasteiger charge is -2.34. The van der Waals surface area contributed by atoms with Gasteiger partial charge in [0.25, 0.3) is 5.91 Å². The number of fused-ring (bicyclic) bond motifs is 1. The quantitative estimate of drug-likeness (QED) is 0.901. The number of nitrogens with zero attached hydrogens (tertiary/aromatic N) is 1. The van der Waals surface area contributed by atoms with Crippen LogP contribution in [0.5, 0.6) is 5.75 Å². The molecule has 6 nitrogen and oxygen atoms in total. The number of hydrogen-bond donors (Lipinski definition) is 1.